The smallest absolute Gasteiger partial charge is 0.416 e. The largest absolute Gasteiger partial charge is 0.488 e. The zero-order valence-electron chi connectivity index (χ0n) is 14.6. The number of halogens is 6. The van der Waals surface area contributed by atoms with Crippen molar-refractivity contribution in [2.45, 2.75) is 19.0 Å². The molecule has 0 N–H and O–H groups in total. The van der Waals surface area contributed by atoms with Crippen molar-refractivity contribution in [3.63, 3.8) is 0 Å². The van der Waals surface area contributed by atoms with Gasteiger partial charge in [-0.25, -0.2) is 0 Å². The maximum atomic E-state index is 13.0. The minimum atomic E-state index is -4.93. The number of carbonyl (C=O) groups excluding carboxylic acids is 1. The molecule has 0 bridgehead atoms. The Morgan fingerprint density at radius 3 is 2.17 bits per heavy atom. The number of aromatic nitrogens is 1. The number of hydrogen-bond acceptors (Lipinski definition) is 2. The first-order valence-electron chi connectivity index (χ1n) is 8.18. The third kappa shape index (κ3) is 4.28. The van der Waals surface area contributed by atoms with Gasteiger partial charge in [0.2, 0.25) is 0 Å². The van der Waals surface area contributed by atoms with Gasteiger partial charge in [0.25, 0.3) is 5.91 Å². The number of nitrogens with zero attached hydrogens (tertiary/aromatic N) is 1. The van der Waals surface area contributed by atoms with E-state index in [1.807, 2.05) is 0 Å². The Balaban J connectivity index is 1.95. The molecular formula is C20H13F6NO2. The molecule has 29 heavy (non-hydrogen) atoms. The quantitative estimate of drug-likeness (QED) is 0.383. The number of hydrogen-bond donors (Lipinski definition) is 0. The monoisotopic (exact) mass is 413 g/mol. The minimum Gasteiger partial charge on any atom is -0.488 e. The van der Waals surface area contributed by atoms with Crippen molar-refractivity contribution < 1.29 is 35.9 Å². The van der Waals surface area contributed by atoms with Crippen LogP contribution in [0.2, 0.25) is 0 Å². The fraction of sp³-hybridized carbons (Fsp3) is 0.150. The van der Waals surface area contributed by atoms with E-state index in [4.69, 9.17) is 4.74 Å². The maximum absolute atomic E-state index is 13.0. The lowest BCUT2D eigenvalue weighted by molar-refractivity contribution is -0.143. The third-order valence-electron chi connectivity index (χ3n) is 4.15. The van der Waals surface area contributed by atoms with Gasteiger partial charge in [-0.3, -0.25) is 9.36 Å². The Hall–Kier alpha value is -3.23. The summed E-state index contributed by atoms with van der Waals surface area (Å²) in [5.74, 6) is -0.186. The molecule has 0 atom stereocenters. The molecule has 1 heterocycles. The van der Waals surface area contributed by atoms with Crippen molar-refractivity contribution in [2.75, 3.05) is 0 Å². The van der Waals surface area contributed by atoms with Gasteiger partial charge in [0, 0.05) is 11.6 Å². The first-order chi connectivity index (χ1) is 13.5. The summed E-state index contributed by atoms with van der Waals surface area (Å²) in [5.41, 5.74) is -2.64. The van der Waals surface area contributed by atoms with E-state index in [-0.39, 0.29) is 17.4 Å². The van der Waals surface area contributed by atoms with Crippen LogP contribution >= 0.6 is 0 Å². The van der Waals surface area contributed by atoms with Crippen molar-refractivity contribution in [2.24, 2.45) is 0 Å². The van der Waals surface area contributed by atoms with Gasteiger partial charge in [-0.05, 0) is 48.0 Å². The Kier molecular flexibility index (Phi) is 5.16. The molecule has 3 nitrogen and oxygen atoms in total. The molecule has 0 radical (unpaired) electrons. The molecule has 0 aliphatic rings. The molecule has 152 valence electrons. The number of alkyl halides is 6. The van der Waals surface area contributed by atoms with Crippen molar-refractivity contribution in [1.29, 1.82) is 0 Å². The van der Waals surface area contributed by atoms with Crippen LogP contribution in [-0.4, -0.2) is 10.5 Å². The van der Waals surface area contributed by atoms with Crippen LogP contribution in [0.5, 0.6) is 5.75 Å². The Morgan fingerprint density at radius 2 is 1.62 bits per heavy atom. The fourth-order valence-electron chi connectivity index (χ4n) is 2.82. The lowest BCUT2D eigenvalue weighted by Gasteiger charge is -2.15. The molecule has 2 aromatic carbocycles. The zero-order valence-corrected chi connectivity index (χ0v) is 14.6. The summed E-state index contributed by atoms with van der Waals surface area (Å²) in [4.78, 5) is 11.8. The van der Waals surface area contributed by atoms with Crippen LogP contribution in [0.3, 0.4) is 0 Å². The maximum Gasteiger partial charge on any atom is 0.416 e. The highest BCUT2D eigenvalue weighted by Gasteiger charge is 2.36. The van der Waals surface area contributed by atoms with E-state index in [0.29, 0.717) is 23.0 Å². The lowest BCUT2D eigenvalue weighted by atomic mass is 10.1. The van der Waals surface area contributed by atoms with E-state index in [2.05, 4.69) is 6.58 Å². The predicted octanol–water partition coefficient (Wildman–Crippen LogP) is 6.08. The number of rotatable bonds is 4. The van der Waals surface area contributed by atoms with Crippen LogP contribution in [-0.2, 0) is 19.0 Å². The number of ether oxygens (including phenoxy) is 1. The summed E-state index contributed by atoms with van der Waals surface area (Å²) >= 11 is 0. The molecule has 0 saturated carbocycles. The molecule has 3 rings (SSSR count). The Morgan fingerprint density at radius 1 is 1.00 bits per heavy atom. The average molecular weight is 413 g/mol. The van der Waals surface area contributed by atoms with Crippen LogP contribution in [0.4, 0.5) is 26.3 Å². The highest BCUT2D eigenvalue weighted by atomic mass is 19.4. The van der Waals surface area contributed by atoms with Gasteiger partial charge in [-0.2, -0.15) is 26.3 Å². The van der Waals surface area contributed by atoms with Crippen LogP contribution in [0, 0.1) is 0 Å². The zero-order chi connectivity index (χ0) is 21.4. The molecule has 3 aromatic rings. The van der Waals surface area contributed by atoms with Gasteiger partial charge >= 0.3 is 12.4 Å². The van der Waals surface area contributed by atoms with E-state index in [0.717, 1.165) is 6.08 Å². The first-order valence-corrected chi connectivity index (χ1v) is 8.18. The predicted molar refractivity (Wildman–Crippen MR) is 93.5 cm³/mol. The highest BCUT2D eigenvalue weighted by molar-refractivity contribution is 5.99. The van der Waals surface area contributed by atoms with Crippen LogP contribution in [0.25, 0.3) is 10.9 Å². The van der Waals surface area contributed by atoms with Crippen LogP contribution in [0.1, 0.15) is 21.5 Å². The Bertz CT molecular complexity index is 1050. The summed E-state index contributed by atoms with van der Waals surface area (Å²) in [6.07, 6.45) is -7.29. The second kappa shape index (κ2) is 7.31. The van der Waals surface area contributed by atoms with Crippen LogP contribution < -0.4 is 4.74 Å². The van der Waals surface area contributed by atoms with Gasteiger partial charge in [0.05, 0.1) is 16.6 Å². The molecule has 0 aliphatic carbocycles. The van der Waals surface area contributed by atoms with E-state index in [9.17, 15) is 31.1 Å². The summed E-state index contributed by atoms with van der Waals surface area (Å²) in [6, 6.07) is 7.52. The van der Waals surface area contributed by atoms with Gasteiger partial charge in [-0.1, -0.05) is 12.6 Å². The molecule has 0 spiro atoms. The summed E-state index contributed by atoms with van der Waals surface area (Å²) in [6.45, 7) is 2.87. The van der Waals surface area contributed by atoms with Gasteiger partial charge in [-0.15, -0.1) is 0 Å². The molecular weight excluding hydrogens is 400 g/mol. The summed E-state index contributed by atoms with van der Waals surface area (Å²) in [7, 11) is 0. The molecule has 0 unspecified atom stereocenters. The van der Waals surface area contributed by atoms with Crippen molar-refractivity contribution in [3.05, 3.63) is 78.0 Å². The van der Waals surface area contributed by atoms with Gasteiger partial charge in [0.1, 0.15) is 12.4 Å². The lowest BCUT2D eigenvalue weighted by Crippen LogP contribution is -2.12. The van der Waals surface area contributed by atoms with E-state index in [1.165, 1.54) is 16.8 Å². The first kappa shape index (κ1) is 20.5. The van der Waals surface area contributed by atoms with Gasteiger partial charge in [0.15, 0.2) is 0 Å². The number of fused-ring (bicyclic) bond motifs is 1. The normalized spacial score (nSPS) is 12.2. The summed E-state index contributed by atoms with van der Waals surface area (Å²) in [5, 5.41) is 0.478. The van der Waals surface area contributed by atoms with Crippen molar-refractivity contribution in [1.82, 2.24) is 4.57 Å². The van der Waals surface area contributed by atoms with E-state index >= 15 is 0 Å². The fourth-order valence-corrected chi connectivity index (χ4v) is 2.82. The molecule has 0 saturated heterocycles. The molecule has 0 fully saturated rings. The van der Waals surface area contributed by atoms with Crippen molar-refractivity contribution in [3.8, 4) is 5.75 Å². The topological polar surface area (TPSA) is 31.2 Å². The number of allylic oxidation sites excluding steroid dienone is 1. The molecule has 0 aliphatic heterocycles. The SMILES string of the molecule is C=CC(=O)n1ccc2c(OCc3cc(C(F)(F)F)cc(C(F)(F)F)c3)cccc21. The number of benzene rings is 2. The molecule has 1 aromatic heterocycles. The average Bonchev–Trinajstić information content (AvgIpc) is 3.09. The standard InChI is InChI=1S/C20H13F6NO2/c1-2-18(28)27-7-6-15-16(27)4-3-5-17(15)29-11-12-8-13(19(21,22)23)10-14(9-12)20(24,25)26/h2-10H,1,11H2. The van der Waals surface area contributed by atoms with E-state index in [1.54, 1.807) is 18.2 Å². The van der Waals surface area contributed by atoms with Gasteiger partial charge < -0.3 is 4.74 Å². The highest BCUT2D eigenvalue weighted by Crippen LogP contribution is 2.37. The molecule has 9 heteroatoms. The minimum absolute atomic E-state index is 0.0607. The second-order valence-electron chi connectivity index (χ2n) is 6.12. The second-order valence-corrected chi connectivity index (χ2v) is 6.12. The van der Waals surface area contributed by atoms with E-state index < -0.39 is 36.0 Å². The number of carbonyl (C=O) groups is 1. The summed E-state index contributed by atoms with van der Waals surface area (Å²) < 4.78 is 84.6. The Labute approximate surface area is 160 Å². The van der Waals surface area contributed by atoms with Crippen molar-refractivity contribution >= 4 is 16.8 Å². The van der Waals surface area contributed by atoms with Crippen LogP contribution in [0.15, 0.2) is 61.3 Å². The third-order valence-corrected chi connectivity index (χ3v) is 4.15. The molecule has 0 amide bonds.